The Bertz CT molecular complexity index is 1010. The Balaban J connectivity index is 1.56. The summed E-state index contributed by atoms with van der Waals surface area (Å²) in [6, 6.07) is -0.210. The average molecular weight is 442 g/mol. The molecule has 154 valence electrons. The Morgan fingerprint density at radius 2 is 2.14 bits per heavy atom. The van der Waals surface area contributed by atoms with E-state index in [1.54, 1.807) is 0 Å². The highest BCUT2D eigenvalue weighted by Gasteiger charge is 2.55. The summed E-state index contributed by atoms with van der Waals surface area (Å²) in [5.41, 5.74) is -0.684. The molecule has 1 amide bonds. The molecule has 0 unspecified atom stereocenters. The summed E-state index contributed by atoms with van der Waals surface area (Å²) in [5.74, 6) is -0.329. The Kier molecular flexibility index (Phi) is 4.45. The number of hydrogen-bond donors (Lipinski definition) is 1. The first kappa shape index (κ1) is 19.0. The van der Waals surface area contributed by atoms with Crippen LogP contribution in [0.15, 0.2) is 6.20 Å². The summed E-state index contributed by atoms with van der Waals surface area (Å²) < 4.78 is 20.4. The van der Waals surface area contributed by atoms with Crippen LogP contribution in [0.5, 0.6) is 0 Å². The van der Waals surface area contributed by atoms with Gasteiger partial charge in [0, 0.05) is 19.3 Å². The van der Waals surface area contributed by atoms with Crippen LogP contribution in [0.3, 0.4) is 0 Å². The number of piperazine rings is 1. The number of aromatic nitrogens is 3. The van der Waals surface area contributed by atoms with E-state index in [1.807, 2.05) is 4.90 Å². The lowest BCUT2D eigenvalue weighted by Gasteiger charge is -2.48. The van der Waals surface area contributed by atoms with E-state index < -0.39 is 17.4 Å². The molecule has 2 aliphatic heterocycles. The lowest BCUT2D eigenvalue weighted by Crippen LogP contribution is -2.65. The second-order valence-electron chi connectivity index (χ2n) is 7.90. The molecular formula is C18H18Cl2FN5O3. The van der Waals surface area contributed by atoms with Gasteiger partial charge in [0.25, 0.3) is 0 Å². The molecule has 8 nitrogen and oxygen atoms in total. The molecule has 3 fully saturated rings. The molecule has 3 aliphatic rings. The van der Waals surface area contributed by atoms with Gasteiger partial charge in [-0.1, -0.05) is 11.6 Å². The van der Waals surface area contributed by atoms with Crippen LogP contribution in [0.25, 0.3) is 10.9 Å². The maximum atomic E-state index is 14.5. The van der Waals surface area contributed by atoms with Crippen LogP contribution in [0.1, 0.15) is 25.7 Å². The van der Waals surface area contributed by atoms with Crippen molar-refractivity contribution in [1.29, 1.82) is 0 Å². The van der Waals surface area contributed by atoms with Crippen LogP contribution in [0, 0.1) is 5.82 Å². The molecule has 11 heteroatoms. The fourth-order valence-electron chi connectivity index (χ4n) is 4.52. The molecule has 0 radical (unpaired) electrons. The second kappa shape index (κ2) is 6.78. The molecule has 2 atom stereocenters. The molecule has 1 saturated carbocycles. The molecule has 0 aromatic carbocycles. The maximum absolute atomic E-state index is 14.5. The molecule has 5 rings (SSSR count). The number of anilines is 1. The zero-order chi connectivity index (χ0) is 20.3. The number of hydrogen-bond acceptors (Lipinski definition) is 6. The molecule has 1 N–H and O–H groups in total. The largest absolute Gasteiger partial charge is 0.465 e. The van der Waals surface area contributed by atoms with E-state index in [9.17, 15) is 14.3 Å². The van der Waals surface area contributed by atoms with Crippen LogP contribution in [-0.4, -0.2) is 68.4 Å². The molecule has 0 spiro atoms. The first-order chi connectivity index (χ1) is 13.9. The highest BCUT2D eigenvalue weighted by atomic mass is 35.5. The van der Waals surface area contributed by atoms with Gasteiger partial charge in [-0.05, 0) is 37.3 Å². The van der Waals surface area contributed by atoms with Gasteiger partial charge in [-0.25, -0.2) is 19.2 Å². The van der Waals surface area contributed by atoms with Gasteiger partial charge in [0.1, 0.15) is 11.3 Å². The van der Waals surface area contributed by atoms with Gasteiger partial charge < -0.3 is 14.7 Å². The third-order valence-electron chi connectivity index (χ3n) is 5.95. The van der Waals surface area contributed by atoms with E-state index in [4.69, 9.17) is 27.9 Å². The van der Waals surface area contributed by atoms with Gasteiger partial charge in [-0.3, -0.25) is 4.90 Å². The average Bonchev–Trinajstić information content (AvgIpc) is 3.48. The van der Waals surface area contributed by atoms with Crippen LogP contribution in [-0.2, 0) is 4.74 Å². The monoisotopic (exact) mass is 441 g/mol. The summed E-state index contributed by atoms with van der Waals surface area (Å²) in [7, 11) is 0. The van der Waals surface area contributed by atoms with Gasteiger partial charge in [-0.2, -0.15) is 4.98 Å². The molecule has 2 aromatic rings. The number of halogens is 3. The van der Waals surface area contributed by atoms with E-state index in [0.29, 0.717) is 37.3 Å². The highest BCUT2D eigenvalue weighted by molar-refractivity contribution is 6.30. The SMILES string of the molecule is O=C(O)N1[C@H]2CC[C@]1(COC1CC1)CN(c1nc(Cl)nc3c(F)c(Cl)ncc13)C2. The van der Waals surface area contributed by atoms with E-state index in [1.165, 1.54) is 11.1 Å². The number of amides is 1. The summed E-state index contributed by atoms with van der Waals surface area (Å²) in [4.78, 5) is 27.7. The fraction of sp³-hybridized carbons (Fsp3) is 0.556. The maximum Gasteiger partial charge on any atom is 0.408 e. The van der Waals surface area contributed by atoms with Crippen molar-refractivity contribution in [1.82, 2.24) is 19.9 Å². The molecule has 2 aromatic heterocycles. The number of carbonyl (C=O) groups is 1. The van der Waals surface area contributed by atoms with Crippen molar-refractivity contribution in [3.63, 3.8) is 0 Å². The quantitative estimate of drug-likeness (QED) is 0.574. The normalized spacial score (nSPS) is 26.4. The van der Waals surface area contributed by atoms with Crippen LogP contribution in [0.4, 0.5) is 15.0 Å². The minimum atomic E-state index is -0.948. The molecule has 2 bridgehead atoms. The first-order valence-corrected chi connectivity index (χ1v) is 10.2. The zero-order valence-corrected chi connectivity index (χ0v) is 16.8. The molecule has 2 saturated heterocycles. The van der Waals surface area contributed by atoms with Gasteiger partial charge in [0.15, 0.2) is 11.0 Å². The van der Waals surface area contributed by atoms with Crippen LogP contribution < -0.4 is 4.90 Å². The van der Waals surface area contributed by atoms with E-state index in [2.05, 4.69) is 15.0 Å². The highest BCUT2D eigenvalue weighted by Crippen LogP contribution is 2.43. The first-order valence-electron chi connectivity index (χ1n) is 9.44. The van der Waals surface area contributed by atoms with Gasteiger partial charge in [0.2, 0.25) is 5.28 Å². The number of fused-ring (bicyclic) bond motifs is 3. The van der Waals surface area contributed by atoms with Crippen molar-refractivity contribution in [3.8, 4) is 0 Å². The minimum Gasteiger partial charge on any atom is -0.465 e. The molecule has 1 aliphatic carbocycles. The van der Waals surface area contributed by atoms with Gasteiger partial charge in [-0.15, -0.1) is 0 Å². The Morgan fingerprint density at radius 1 is 1.34 bits per heavy atom. The molecule has 4 heterocycles. The van der Waals surface area contributed by atoms with Crippen molar-refractivity contribution in [3.05, 3.63) is 22.5 Å². The van der Waals surface area contributed by atoms with Crippen molar-refractivity contribution in [2.24, 2.45) is 0 Å². The summed E-state index contributed by atoms with van der Waals surface area (Å²) in [6.07, 6.45) is 4.13. The second-order valence-corrected chi connectivity index (χ2v) is 8.60. The smallest absolute Gasteiger partial charge is 0.408 e. The fourth-order valence-corrected chi connectivity index (χ4v) is 4.83. The van der Waals surface area contributed by atoms with Gasteiger partial charge >= 0.3 is 6.09 Å². The number of pyridine rings is 1. The predicted octanol–water partition coefficient (Wildman–Crippen LogP) is 3.35. The lowest BCUT2D eigenvalue weighted by atomic mass is 9.96. The Hall–Kier alpha value is -1.97. The van der Waals surface area contributed by atoms with Crippen LogP contribution in [0.2, 0.25) is 10.4 Å². The third-order valence-corrected chi connectivity index (χ3v) is 6.38. The standard InChI is InChI=1S/C18H18Cl2FN5O3/c19-14-12(21)13-11(5-22-14)15(24-16(20)23-13)25-6-9-3-4-18(7-25,26(9)17(27)28)8-29-10-1-2-10/h5,9-10H,1-4,6-8H2,(H,27,28)/t9-,18+/m0/s1. The van der Waals surface area contributed by atoms with E-state index in [0.717, 1.165) is 19.3 Å². The molecular weight excluding hydrogens is 424 g/mol. The lowest BCUT2D eigenvalue weighted by molar-refractivity contribution is -0.00515. The minimum absolute atomic E-state index is 0.00343. The summed E-state index contributed by atoms with van der Waals surface area (Å²) in [6.45, 7) is 1.12. The zero-order valence-electron chi connectivity index (χ0n) is 15.3. The Morgan fingerprint density at radius 3 is 2.86 bits per heavy atom. The molecule has 29 heavy (non-hydrogen) atoms. The Labute approximate surface area is 175 Å². The number of carboxylic acid groups (broad SMARTS) is 1. The van der Waals surface area contributed by atoms with E-state index in [-0.39, 0.29) is 28.1 Å². The summed E-state index contributed by atoms with van der Waals surface area (Å²) >= 11 is 11.9. The number of nitrogens with zero attached hydrogens (tertiary/aromatic N) is 5. The van der Waals surface area contributed by atoms with Crippen molar-refractivity contribution >= 4 is 46.0 Å². The topological polar surface area (TPSA) is 91.7 Å². The van der Waals surface area contributed by atoms with Crippen molar-refractivity contribution in [2.75, 3.05) is 24.6 Å². The van der Waals surface area contributed by atoms with Crippen molar-refractivity contribution < 1.29 is 19.0 Å². The predicted molar refractivity (Wildman–Crippen MR) is 104 cm³/mol. The van der Waals surface area contributed by atoms with E-state index >= 15 is 0 Å². The van der Waals surface area contributed by atoms with Crippen molar-refractivity contribution in [2.45, 2.75) is 43.4 Å². The number of ether oxygens (including phenoxy) is 1. The van der Waals surface area contributed by atoms with Gasteiger partial charge in [0.05, 0.1) is 29.7 Å². The summed E-state index contributed by atoms with van der Waals surface area (Å²) in [5, 5.41) is 9.83. The third kappa shape index (κ3) is 3.15. The number of rotatable bonds is 4. The van der Waals surface area contributed by atoms with Crippen LogP contribution >= 0.6 is 23.2 Å².